The van der Waals surface area contributed by atoms with Gasteiger partial charge in [-0.1, -0.05) is 18.2 Å². The maximum Gasteiger partial charge on any atom is 0.264 e. The van der Waals surface area contributed by atoms with Gasteiger partial charge in [-0.3, -0.25) is 9.10 Å². The number of anilines is 1. The zero-order chi connectivity index (χ0) is 22.6. The Morgan fingerprint density at radius 1 is 0.968 bits per heavy atom. The van der Waals surface area contributed by atoms with Gasteiger partial charge in [-0.25, -0.2) is 12.8 Å². The number of benzene rings is 3. The Bertz CT molecular complexity index is 1180. The first-order valence-electron chi connectivity index (χ1n) is 9.45. The van der Waals surface area contributed by atoms with Crippen LogP contribution in [-0.2, 0) is 16.6 Å². The van der Waals surface area contributed by atoms with Gasteiger partial charge in [0.1, 0.15) is 11.6 Å². The average molecular weight is 443 g/mol. The van der Waals surface area contributed by atoms with Gasteiger partial charge in [0.15, 0.2) is 0 Å². The highest BCUT2D eigenvalue weighted by Crippen LogP contribution is 2.25. The summed E-state index contributed by atoms with van der Waals surface area (Å²) in [6.07, 6.45) is 0. The summed E-state index contributed by atoms with van der Waals surface area (Å²) in [5.41, 5.74) is 1.33. The highest BCUT2D eigenvalue weighted by Gasteiger charge is 2.22. The van der Waals surface area contributed by atoms with Crippen LogP contribution in [0.25, 0.3) is 0 Å². The van der Waals surface area contributed by atoms with Crippen LogP contribution < -0.4 is 9.04 Å². The Kier molecular flexibility index (Phi) is 6.60. The topological polar surface area (TPSA) is 66.9 Å². The van der Waals surface area contributed by atoms with Crippen LogP contribution in [0.1, 0.15) is 15.9 Å². The van der Waals surface area contributed by atoms with Crippen molar-refractivity contribution in [1.29, 1.82) is 0 Å². The number of amides is 1. The zero-order valence-electron chi connectivity index (χ0n) is 17.4. The molecule has 0 spiro atoms. The molecule has 0 aliphatic carbocycles. The summed E-state index contributed by atoms with van der Waals surface area (Å²) in [5.74, 6) is -0.123. The number of methoxy groups -OCH3 is 1. The van der Waals surface area contributed by atoms with Gasteiger partial charge in [0.25, 0.3) is 15.9 Å². The quantitative estimate of drug-likeness (QED) is 0.556. The molecule has 6 nitrogen and oxygen atoms in total. The predicted octanol–water partition coefficient (Wildman–Crippen LogP) is 3.93. The molecule has 0 heterocycles. The fraction of sp³-hybridized carbons (Fsp3) is 0.174. The van der Waals surface area contributed by atoms with E-state index >= 15 is 0 Å². The van der Waals surface area contributed by atoms with Crippen LogP contribution in [0.3, 0.4) is 0 Å². The van der Waals surface area contributed by atoms with E-state index in [0.717, 1.165) is 4.31 Å². The lowest BCUT2D eigenvalue weighted by atomic mass is 10.1. The zero-order valence-corrected chi connectivity index (χ0v) is 18.3. The van der Waals surface area contributed by atoms with E-state index in [1.807, 2.05) is 0 Å². The summed E-state index contributed by atoms with van der Waals surface area (Å²) in [4.78, 5) is 14.4. The lowest BCUT2D eigenvalue weighted by Crippen LogP contribution is -2.28. The van der Waals surface area contributed by atoms with Crippen LogP contribution in [0, 0.1) is 5.82 Å². The molecule has 162 valence electrons. The van der Waals surface area contributed by atoms with Crippen molar-refractivity contribution < 1.29 is 22.3 Å². The number of rotatable bonds is 7. The van der Waals surface area contributed by atoms with Crippen LogP contribution in [-0.4, -0.2) is 40.4 Å². The van der Waals surface area contributed by atoms with E-state index in [1.165, 1.54) is 49.4 Å². The SMILES string of the molecule is COc1ccc(S(=O)(=O)N(C)c2cccc(C(=O)N(C)Cc3cccc(F)c3)c2)cc1. The van der Waals surface area contributed by atoms with Crippen LogP contribution in [0.15, 0.2) is 77.7 Å². The minimum absolute atomic E-state index is 0.107. The van der Waals surface area contributed by atoms with Crippen LogP contribution in [0.4, 0.5) is 10.1 Å². The molecule has 3 aromatic carbocycles. The van der Waals surface area contributed by atoms with Crippen LogP contribution in [0.5, 0.6) is 5.75 Å². The van der Waals surface area contributed by atoms with Crippen molar-refractivity contribution in [3.63, 3.8) is 0 Å². The van der Waals surface area contributed by atoms with Crippen molar-refractivity contribution in [2.24, 2.45) is 0 Å². The second-order valence-corrected chi connectivity index (χ2v) is 8.96. The van der Waals surface area contributed by atoms with Crippen molar-refractivity contribution in [2.45, 2.75) is 11.4 Å². The van der Waals surface area contributed by atoms with Gasteiger partial charge in [-0.2, -0.15) is 0 Å². The molecule has 0 N–H and O–H groups in total. The minimum Gasteiger partial charge on any atom is -0.497 e. The molecule has 1 amide bonds. The third-order valence-corrected chi connectivity index (χ3v) is 6.63. The molecular formula is C23H23FN2O4S. The molecule has 0 saturated heterocycles. The lowest BCUT2D eigenvalue weighted by Gasteiger charge is -2.22. The van der Waals surface area contributed by atoms with Gasteiger partial charge in [-0.05, 0) is 60.2 Å². The molecule has 0 aliphatic heterocycles. The van der Waals surface area contributed by atoms with E-state index in [-0.39, 0.29) is 23.2 Å². The summed E-state index contributed by atoms with van der Waals surface area (Å²) < 4.78 is 45.5. The second kappa shape index (κ2) is 9.18. The molecule has 0 saturated carbocycles. The fourth-order valence-corrected chi connectivity index (χ4v) is 4.27. The van der Waals surface area contributed by atoms with E-state index in [0.29, 0.717) is 22.6 Å². The van der Waals surface area contributed by atoms with Crippen molar-refractivity contribution in [3.8, 4) is 5.75 Å². The fourth-order valence-electron chi connectivity index (χ4n) is 3.08. The normalized spacial score (nSPS) is 11.1. The third-order valence-electron chi connectivity index (χ3n) is 4.83. The largest absolute Gasteiger partial charge is 0.497 e. The number of nitrogens with zero attached hydrogens (tertiary/aromatic N) is 2. The van der Waals surface area contributed by atoms with Gasteiger partial charge >= 0.3 is 0 Å². The summed E-state index contributed by atoms with van der Waals surface area (Å²) in [6.45, 7) is 0.223. The van der Waals surface area contributed by atoms with E-state index in [2.05, 4.69) is 0 Å². The second-order valence-electron chi connectivity index (χ2n) is 6.99. The van der Waals surface area contributed by atoms with Gasteiger partial charge in [0.05, 0.1) is 17.7 Å². The molecule has 0 radical (unpaired) electrons. The Hall–Kier alpha value is -3.39. The van der Waals surface area contributed by atoms with E-state index in [9.17, 15) is 17.6 Å². The van der Waals surface area contributed by atoms with Gasteiger partial charge in [0.2, 0.25) is 0 Å². The van der Waals surface area contributed by atoms with Crippen molar-refractivity contribution in [3.05, 3.63) is 89.7 Å². The average Bonchev–Trinajstić information content (AvgIpc) is 2.78. The molecule has 0 aliphatic rings. The molecule has 31 heavy (non-hydrogen) atoms. The number of carbonyl (C=O) groups excluding carboxylic acids is 1. The number of carbonyl (C=O) groups is 1. The maximum atomic E-state index is 13.4. The van der Waals surface area contributed by atoms with Gasteiger partial charge in [-0.15, -0.1) is 0 Å². The highest BCUT2D eigenvalue weighted by atomic mass is 32.2. The van der Waals surface area contributed by atoms with Gasteiger partial charge < -0.3 is 9.64 Å². The predicted molar refractivity (Wildman–Crippen MR) is 117 cm³/mol. The Balaban J connectivity index is 1.81. The molecular weight excluding hydrogens is 419 g/mol. The summed E-state index contributed by atoms with van der Waals surface area (Å²) >= 11 is 0. The monoisotopic (exact) mass is 442 g/mol. The number of ether oxygens (including phenoxy) is 1. The molecule has 0 fully saturated rings. The lowest BCUT2D eigenvalue weighted by molar-refractivity contribution is 0.0785. The number of sulfonamides is 1. The molecule has 0 aromatic heterocycles. The van der Waals surface area contributed by atoms with Crippen LogP contribution in [0.2, 0.25) is 0 Å². The van der Waals surface area contributed by atoms with E-state index in [1.54, 1.807) is 49.5 Å². The van der Waals surface area contributed by atoms with Gasteiger partial charge in [0, 0.05) is 26.2 Å². The molecule has 8 heteroatoms. The molecule has 0 atom stereocenters. The summed E-state index contributed by atoms with van der Waals surface area (Å²) in [5, 5.41) is 0. The maximum absolute atomic E-state index is 13.4. The Morgan fingerprint density at radius 3 is 2.29 bits per heavy atom. The van der Waals surface area contributed by atoms with Crippen molar-refractivity contribution in [1.82, 2.24) is 4.90 Å². The van der Waals surface area contributed by atoms with E-state index < -0.39 is 10.0 Å². The Labute approximate surface area is 181 Å². The molecule has 3 aromatic rings. The first-order chi connectivity index (χ1) is 14.7. The first-order valence-corrected chi connectivity index (χ1v) is 10.9. The molecule has 0 bridgehead atoms. The van der Waals surface area contributed by atoms with Crippen molar-refractivity contribution >= 4 is 21.6 Å². The number of halogens is 1. The molecule has 0 unspecified atom stereocenters. The van der Waals surface area contributed by atoms with Crippen molar-refractivity contribution in [2.75, 3.05) is 25.5 Å². The third kappa shape index (κ3) is 5.03. The molecule has 3 rings (SSSR count). The summed E-state index contributed by atoms with van der Waals surface area (Å²) in [6, 6.07) is 18.5. The minimum atomic E-state index is -3.82. The van der Waals surface area contributed by atoms with E-state index in [4.69, 9.17) is 4.74 Å². The number of hydrogen-bond acceptors (Lipinski definition) is 4. The van der Waals surface area contributed by atoms with Crippen LogP contribution >= 0.6 is 0 Å². The smallest absolute Gasteiger partial charge is 0.264 e. The summed E-state index contributed by atoms with van der Waals surface area (Å²) in [7, 11) is 0.721. The number of hydrogen-bond donors (Lipinski definition) is 0. The highest BCUT2D eigenvalue weighted by molar-refractivity contribution is 7.92. The Morgan fingerprint density at radius 2 is 1.65 bits per heavy atom. The first kappa shape index (κ1) is 22.3. The standard InChI is InChI=1S/C23H23FN2O4S/c1-25(16-17-6-4-8-19(24)14-17)23(27)18-7-5-9-20(15-18)26(2)31(28,29)22-12-10-21(30-3)11-13-22/h4-15H,16H2,1-3H3.